The lowest BCUT2D eigenvalue weighted by Gasteiger charge is -2.26. The second-order valence-electron chi connectivity index (χ2n) is 25.9. The Kier molecular flexibility index (Phi) is 31.6. The molecular formula is C81H87BN10O18. The Morgan fingerprint density at radius 3 is 1.14 bits per heavy atom. The molecule has 4 heterocycles. The molecule has 7 aromatic carbocycles. The van der Waals surface area contributed by atoms with Gasteiger partial charge in [-0.15, -0.1) is 0 Å². The number of esters is 2. The molecule has 8 N–H and O–H groups in total. The molecule has 110 heavy (non-hydrogen) atoms. The first-order valence-corrected chi connectivity index (χ1v) is 35.7. The van der Waals surface area contributed by atoms with E-state index in [4.69, 9.17) is 17.7 Å². The number of nitrogens with one attached hydrogen (secondary N) is 6. The quantitative estimate of drug-likeness (QED) is 0.0198. The second-order valence-corrected chi connectivity index (χ2v) is 25.9. The fourth-order valence-corrected chi connectivity index (χ4v) is 12.7. The summed E-state index contributed by atoms with van der Waals surface area (Å²) in [6.45, 7) is -1.08. The Bertz CT molecular complexity index is 4420. The SMILES string of the molecule is COC(=O)CN1C(=O)[C@@H](NC(=O)CCc2ccccc2)CCc2ccccc21.O=C(O)CN1C(=O)[C@@H](NC(=O)CCc2ccccc2)CCc2ccccc21.O=C[C@H](CC(=O)O)NC(=O)CN1C(=O)[C@@H](NC(=O)CCc2ccccc2)CCc2ccccc21.[B]C(=O)N[C@H]1CNc2ccccc2N(CC(=O)OC)C1=O. The number of methoxy groups -OCH3 is 2. The Balaban J connectivity index is 0.000000187. The first-order valence-electron chi connectivity index (χ1n) is 35.7. The van der Waals surface area contributed by atoms with Gasteiger partial charge >= 0.3 is 23.9 Å². The third kappa shape index (κ3) is 24.9. The summed E-state index contributed by atoms with van der Waals surface area (Å²) in [5.41, 5.74) is 8.95. The van der Waals surface area contributed by atoms with E-state index in [1.165, 1.54) is 33.8 Å². The van der Waals surface area contributed by atoms with Crippen LogP contribution in [0, 0.1) is 0 Å². The molecule has 4 aliphatic rings. The summed E-state index contributed by atoms with van der Waals surface area (Å²) in [5.74, 6) is -7.04. The largest absolute Gasteiger partial charge is 0.481 e. The number of aldehydes is 1. The van der Waals surface area contributed by atoms with Gasteiger partial charge in [0, 0.05) is 42.9 Å². The monoisotopic (exact) mass is 1500 g/mol. The maximum absolute atomic E-state index is 13.4. The summed E-state index contributed by atoms with van der Waals surface area (Å²) in [6, 6.07) is 53.6. The average Bonchev–Trinajstić information content (AvgIpc) is 1.56. The van der Waals surface area contributed by atoms with Crippen molar-refractivity contribution in [3.8, 4) is 0 Å². The van der Waals surface area contributed by atoms with Gasteiger partial charge in [0.05, 0.1) is 38.1 Å². The van der Waals surface area contributed by atoms with E-state index in [0.29, 0.717) is 98.9 Å². The number of carbonyl (C=O) groups excluding carboxylic acids is 12. The molecule has 5 atom stereocenters. The van der Waals surface area contributed by atoms with Gasteiger partial charge in [-0.1, -0.05) is 158 Å². The molecule has 9 amide bonds. The molecule has 0 bridgehead atoms. The minimum Gasteiger partial charge on any atom is -0.481 e. The number of para-hydroxylation sites is 5. The van der Waals surface area contributed by atoms with Crippen LogP contribution in [0.1, 0.15) is 78.3 Å². The van der Waals surface area contributed by atoms with Gasteiger partial charge in [0.25, 0.3) is 5.91 Å². The Morgan fingerprint density at radius 2 is 0.773 bits per heavy atom. The molecule has 11 rings (SSSR count). The maximum Gasteiger partial charge on any atom is 0.325 e. The van der Waals surface area contributed by atoms with E-state index in [1.807, 2.05) is 140 Å². The molecule has 572 valence electrons. The van der Waals surface area contributed by atoms with Gasteiger partial charge in [0.15, 0.2) is 5.81 Å². The Labute approximate surface area is 637 Å². The molecule has 0 aliphatic carbocycles. The molecule has 29 heteroatoms. The number of hydrogen-bond acceptors (Lipinski definition) is 17. The highest BCUT2D eigenvalue weighted by molar-refractivity contribution is 6.57. The van der Waals surface area contributed by atoms with E-state index < -0.39 is 97.1 Å². The number of carbonyl (C=O) groups is 14. The lowest BCUT2D eigenvalue weighted by atomic mass is 10.1. The fraction of sp³-hybridized carbons (Fsp3) is 0.309. The smallest absolute Gasteiger partial charge is 0.325 e. The van der Waals surface area contributed by atoms with E-state index >= 15 is 0 Å². The zero-order valence-corrected chi connectivity index (χ0v) is 60.9. The number of carboxylic acids is 2. The number of carboxylic acid groups (broad SMARTS) is 2. The molecule has 4 aliphatic heterocycles. The first-order chi connectivity index (χ1) is 53.0. The Hall–Kier alpha value is -12.8. The van der Waals surface area contributed by atoms with Crippen molar-refractivity contribution in [1.29, 1.82) is 0 Å². The number of anilines is 5. The number of hydrogen-bond donors (Lipinski definition) is 8. The van der Waals surface area contributed by atoms with Crippen molar-refractivity contribution >= 4 is 120 Å². The summed E-state index contributed by atoms with van der Waals surface area (Å²) in [6.07, 6.45) is 5.41. The molecule has 7 aromatic rings. The molecule has 0 spiro atoms. The lowest BCUT2D eigenvalue weighted by molar-refractivity contribution is -0.140. The molecule has 0 saturated carbocycles. The summed E-state index contributed by atoms with van der Waals surface area (Å²) < 4.78 is 9.35. The first kappa shape index (κ1) is 82.8. The van der Waals surface area contributed by atoms with Gasteiger partial charge in [-0.05, 0) is 121 Å². The van der Waals surface area contributed by atoms with Crippen LogP contribution in [0.5, 0.6) is 0 Å². The number of aryl methyl sites for hydroxylation is 6. The predicted octanol–water partition coefficient (Wildman–Crippen LogP) is 5.53. The standard InChI is InChI=1S/C25H27N3O6.C22H24N2O4.C21H22N2O4.C13H14BN3O4/c29-16-19(14-24(32)33)26-23(31)15-28-21-9-5-4-8-18(21)11-12-20(25(28)34)27-22(30)13-10-17-6-2-1-3-7-17;1-28-21(26)15-24-19-10-6-5-9-17(19)12-13-18(22(24)27)23-20(25)14-11-16-7-3-2-4-8-16;24-19(13-10-15-6-2-1-3-7-15)22-17-12-11-16-8-4-5-9-18(16)23(21(17)27)14-20(25)26;1-21-11(18)7-17-10-5-3-2-4-8(10)15-6-9(12(17)19)16-13(14)20/h1-9,16,19-20H,10-15H2,(H,26,31)(H,27,30)(H,32,33);2-10,18H,11-15H2,1H3,(H,23,25);1-9,17H,10-14H2,(H,22,24)(H,25,26);2-5,9,15H,6-7H2,1H3,(H,16,20)/t19-,20-;18-;17-;9-/m0000/s1. The van der Waals surface area contributed by atoms with Crippen LogP contribution in [0.25, 0.3) is 0 Å². The summed E-state index contributed by atoms with van der Waals surface area (Å²) in [5, 5.41) is 34.3. The number of aliphatic carboxylic acids is 2. The van der Waals surface area contributed by atoms with E-state index in [2.05, 4.69) is 36.6 Å². The number of ether oxygens (including phenoxy) is 2. The van der Waals surface area contributed by atoms with Crippen molar-refractivity contribution in [3.63, 3.8) is 0 Å². The number of amides is 9. The van der Waals surface area contributed by atoms with Crippen LogP contribution in [-0.4, -0.2) is 178 Å². The van der Waals surface area contributed by atoms with Gasteiger partial charge in [0.1, 0.15) is 56.6 Å². The summed E-state index contributed by atoms with van der Waals surface area (Å²) in [4.78, 5) is 175. The van der Waals surface area contributed by atoms with Crippen molar-refractivity contribution in [2.75, 3.05) is 71.9 Å². The van der Waals surface area contributed by atoms with Crippen LogP contribution in [0.3, 0.4) is 0 Å². The molecule has 0 saturated heterocycles. The van der Waals surface area contributed by atoms with Crippen LogP contribution in [0.15, 0.2) is 188 Å². The third-order valence-corrected chi connectivity index (χ3v) is 18.2. The van der Waals surface area contributed by atoms with Gasteiger partial charge in [-0.2, -0.15) is 0 Å². The fourth-order valence-electron chi connectivity index (χ4n) is 12.7. The van der Waals surface area contributed by atoms with E-state index in [1.54, 1.807) is 48.5 Å². The minimum absolute atomic E-state index is 0.175. The zero-order chi connectivity index (χ0) is 79.1. The normalized spacial score (nSPS) is 16.4. The van der Waals surface area contributed by atoms with Crippen molar-refractivity contribution in [2.24, 2.45) is 0 Å². The highest BCUT2D eigenvalue weighted by atomic mass is 16.5. The minimum atomic E-state index is -1.23. The molecule has 0 unspecified atom stereocenters. The Morgan fingerprint density at radius 1 is 0.436 bits per heavy atom. The summed E-state index contributed by atoms with van der Waals surface area (Å²) in [7, 11) is 7.61. The number of nitrogens with zero attached hydrogens (tertiary/aromatic N) is 4. The predicted molar refractivity (Wildman–Crippen MR) is 409 cm³/mol. The number of fused-ring (bicyclic) bond motifs is 4. The van der Waals surface area contributed by atoms with Crippen molar-refractivity contribution in [3.05, 3.63) is 221 Å². The zero-order valence-electron chi connectivity index (χ0n) is 60.9. The molecule has 0 aromatic heterocycles. The highest BCUT2D eigenvalue weighted by Crippen LogP contribution is 2.32. The van der Waals surface area contributed by atoms with Crippen molar-refractivity contribution in [2.45, 2.75) is 114 Å². The third-order valence-electron chi connectivity index (χ3n) is 18.2. The summed E-state index contributed by atoms with van der Waals surface area (Å²) >= 11 is 0. The van der Waals surface area contributed by atoms with Gasteiger partial charge in [-0.3, -0.25) is 77.0 Å². The van der Waals surface area contributed by atoms with Crippen LogP contribution in [0.4, 0.5) is 33.2 Å². The van der Waals surface area contributed by atoms with Crippen LogP contribution in [0.2, 0.25) is 0 Å². The van der Waals surface area contributed by atoms with E-state index in [9.17, 15) is 72.2 Å². The van der Waals surface area contributed by atoms with Crippen LogP contribution >= 0.6 is 0 Å². The van der Waals surface area contributed by atoms with Gasteiger partial charge < -0.3 is 61.3 Å². The second kappa shape index (κ2) is 41.9. The van der Waals surface area contributed by atoms with E-state index in [0.717, 1.165) is 33.4 Å². The van der Waals surface area contributed by atoms with Crippen molar-refractivity contribution in [1.82, 2.24) is 26.6 Å². The molecule has 2 radical (unpaired) electrons. The molecule has 28 nitrogen and oxygen atoms in total. The van der Waals surface area contributed by atoms with E-state index in [-0.39, 0.29) is 62.0 Å². The average molecular weight is 1500 g/mol. The molecule has 0 fully saturated rings. The van der Waals surface area contributed by atoms with Crippen LogP contribution in [-0.2, 0) is 110 Å². The van der Waals surface area contributed by atoms with Crippen molar-refractivity contribution < 1.29 is 86.8 Å². The van der Waals surface area contributed by atoms with Gasteiger partial charge in [-0.25, -0.2) is 0 Å². The molecular weight excluding hydrogens is 1410 g/mol. The maximum atomic E-state index is 13.4. The topological polar surface area (TPSA) is 383 Å². The lowest BCUT2D eigenvalue weighted by Crippen LogP contribution is -2.51. The van der Waals surface area contributed by atoms with Gasteiger partial charge in [0.2, 0.25) is 49.2 Å². The van der Waals surface area contributed by atoms with Crippen LogP contribution < -0.4 is 51.5 Å². The highest BCUT2D eigenvalue weighted by Gasteiger charge is 2.37. The number of benzene rings is 7. The number of rotatable bonds is 25.